The Kier molecular flexibility index (Phi) is 6.10. The molecule has 0 unspecified atom stereocenters. The molecule has 152 valence electrons. The van der Waals surface area contributed by atoms with Crippen LogP contribution in [-0.4, -0.2) is 40.7 Å². The molecule has 0 saturated carbocycles. The lowest BCUT2D eigenvalue weighted by Gasteiger charge is -2.25. The van der Waals surface area contributed by atoms with E-state index in [9.17, 15) is 4.79 Å². The minimum Gasteiger partial charge on any atom is -0.497 e. The van der Waals surface area contributed by atoms with Crippen molar-refractivity contribution in [2.24, 2.45) is 5.92 Å². The molecular weight excluding hydrogens is 434 g/mol. The van der Waals surface area contributed by atoms with Crippen molar-refractivity contribution < 1.29 is 9.53 Å². The minimum absolute atomic E-state index is 0.0283. The van der Waals surface area contributed by atoms with E-state index < -0.39 is 0 Å². The molecule has 1 aromatic carbocycles. The Hall–Kier alpha value is -2.45. The first-order valence-electron chi connectivity index (χ1n) is 9.78. The van der Waals surface area contributed by atoms with Gasteiger partial charge in [-0.25, -0.2) is 0 Å². The van der Waals surface area contributed by atoms with Crippen molar-refractivity contribution in [3.8, 4) is 5.75 Å². The molecule has 8 heteroatoms. The molecule has 29 heavy (non-hydrogen) atoms. The molecule has 1 amide bonds. The largest absolute Gasteiger partial charge is 0.497 e. The van der Waals surface area contributed by atoms with E-state index in [4.69, 9.17) is 4.74 Å². The standard InChI is InChI=1S/C21H24BrN5O2/c1-29-17-5-2-14(3-6-17)12-18(24-21(28)15-8-10-23-11-9-15)20-26-25-19-7-4-16(22)13-27(19)20/h2-7,13,15,18,23H,8-12H2,1H3,(H,24,28)/t18-/m1/s1. The number of hydrogen-bond acceptors (Lipinski definition) is 5. The van der Waals surface area contributed by atoms with Crippen LogP contribution in [0.1, 0.15) is 30.3 Å². The van der Waals surface area contributed by atoms with Crippen LogP contribution in [0.15, 0.2) is 47.1 Å². The van der Waals surface area contributed by atoms with Crippen molar-refractivity contribution in [1.82, 2.24) is 25.2 Å². The zero-order valence-corrected chi connectivity index (χ0v) is 17.9. The van der Waals surface area contributed by atoms with Crippen LogP contribution < -0.4 is 15.4 Å². The molecule has 2 N–H and O–H groups in total. The van der Waals surface area contributed by atoms with E-state index in [0.29, 0.717) is 6.42 Å². The Morgan fingerprint density at radius 1 is 1.24 bits per heavy atom. The van der Waals surface area contributed by atoms with E-state index >= 15 is 0 Å². The highest BCUT2D eigenvalue weighted by Crippen LogP contribution is 2.23. The minimum atomic E-state index is -0.282. The summed E-state index contributed by atoms with van der Waals surface area (Å²) in [7, 11) is 1.65. The van der Waals surface area contributed by atoms with Crippen LogP contribution in [0.3, 0.4) is 0 Å². The Morgan fingerprint density at radius 2 is 2.00 bits per heavy atom. The third-order valence-corrected chi connectivity index (χ3v) is 5.80. The van der Waals surface area contributed by atoms with Gasteiger partial charge in [0.15, 0.2) is 11.5 Å². The van der Waals surface area contributed by atoms with E-state index in [1.807, 2.05) is 47.0 Å². The Balaban J connectivity index is 1.63. The second-order valence-corrected chi connectivity index (χ2v) is 8.19. The Morgan fingerprint density at radius 3 is 2.72 bits per heavy atom. The van der Waals surface area contributed by atoms with Crippen LogP contribution in [0.5, 0.6) is 5.75 Å². The number of hydrogen-bond donors (Lipinski definition) is 2. The van der Waals surface area contributed by atoms with Crippen LogP contribution in [-0.2, 0) is 11.2 Å². The second kappa shape index (κ2) is 8.92. The summed E-state index contributed by atoms with van der Waals surface area (Å²) in [6, 6.07) is 11.4. The maximum Gasteiger partial charge on any atom is 0.223 e. The van der Waals surface area contributed by atoms with E-state index in [0.717, 1.165) is 53.2 Å². The third-order valence-electron chi connectivity index (χ3n) is 5.33. The number of carbonyl (C=O) groups is 1. The lowest BCUT2D eigenvalue weighted by molar-refractivity contribution is -0.126. The maximum absolute atomic E-state index is 13.0. The number of pyridine rings is 1. The Labute approximate surface area is 178 Å². The second-order valence-electron chi connectivity index (χ2n) is 7.27. The number of nitrogens with zero attached hydrogens (tertiary/aromatic N) is 3. The van der Waals surface area contributed by atoms with Crippen LogP contribution in [0.2, 0.25) is 0 Å². The van der Waals surface area contributed by atoms with Gasteiger partial charge in [-0.05, 0) is 78.1 Å². The topological polar surface area (TPSA) is 80.5 Å². The van der Waals surface area contributed by atoms with Crippen molar-refractivity contribution >= 4 is 27.5 Å². The summed E-state index contributed by atoms with van der Waals surface area (Å²) < 4.78 is 8.11. The first kappa shape index (κ1) is 19.8. The molecule has 0 radical (unpaired) electrons. The van der Waals surface area contributed by atoms with Crippen LogP contribution >= 0.6 is 15.9 Å². The number of halogens is 1. The van der Waals surface area contributed by atoms with Crippen molar-refractivity contribution in [1.29, 1.82) is 0 Å². The van der Waals surface area contributed by atoms with Gasteiger partial charge in [0, 0.05) is 16.6 Å². The number of nitrogens with one attached hydrogen (secondary N) is 2. The highest BCUT2D eigenvalue weighted by molar-refractivity contribution is 9.10. The number of aromatic nitrogens is 3. The van der Waals surface area contributed by atoms with E-state index in [2.05, 4.69) is 36.8 Å². The van der Waals surface area contributed by atoms with Gasteiger partial charge >= 0.3 is 0 Å². The Bertz CT molecular complexity index is 982. The summed E-state index contributed by atoms with van der Waals surface area (Å²) in [4.78, 5) is 13.0. The summed E-state index contributed by atoms with van der Waals surface area (Å²) in [5.41, 5.74) is 1.84. The molecule has 3 aromatic rings. The fraction of sp³-hybridized carbons (Fsp3) is 0.381. The first-order valence-corrected chi connectivity index (χ1v) is 10.6. The number of ether oxygens (including phenoxy) is 1. The van der Waals surface area contributed by atoms with Crippen LogP contribution in [0, 0.1) is 5.92 Å². The molecule has 0 bridgehead atoms. The fourth-order valence-corrected chi connectivity index (χ4v) is 4.03. The number of amides is 1. The molecule has 1 aliphatic rings. The van der Waals surface area contributed by atoms with Crippen LogP contribution in [0.4, 0.5) is 0 Å². The lowest BCUT2D eigenvalue weighted by Crippen LogP contribution is -2.40. The van der Waals surface area contributed by atoms with Gasteiger partial charge in [0.05, 0.1) is 13.2 Å². The van der Waals surface area contributed by atoms with Crippen molar-refractivity contribution in [2.75, 3.05) is 20.2 Å². The predicted molar refractivity (Wildman–Crippen MR) is 114 cm³/mol. The number of benzene rings is 1. The molecule has 7 nitrogen and oxygen atoms in total. The zero-order chi connectivity index (χ0) is 20.2. The molecule has 4 rings (SSSR count). The van der Waals surface area contributed by atoms with Crippen molar-refractivity contribution in [2.45, 2.75) is 25.3 Å². The molecule has 1 fully saturated rings. The van der Waals surface area contributed by atoms with E-state index in [1.54, 1.807) is 7.11 Å². The number of piperidine rings is 1. The van der Waals surface area contributed by atoms with Gasteiger partial charge in [-0.15, -0.1) is 10.2 Å². The maximum atomic E-state index is 13.0. The van der Waals surface area contributed by atoms with Crippen LogP contribution in [0.25, 0.3) is 5.65 Å². The predicted octanol–water partition coefficient (Wildman–Crippen LogP) is 2.90. The highest BCUT2D eigenvalue weighted by atomic mass is 79.9. The van der Waals surface area contributed by atoms with Gasteiger partial charge in [0.25, 0.3) is 0 Å². The third kappa shape index (κ3) is 4.59. The summed E-state index contributed by atoms with van der Waals surface area (Å²) >= 11 is 3.51. The molecule has 0 spiro atoms. The van der Waals surface area contributed by atoms with Gasteiger partial charge < -0.3 is 15.4 Å². The zero-order valence-electron chi connectivity index (χ0n) is 16.3. The number of methoxy groups -OCH3 is 1. The number of rotatable bonds is 6. The number of fused-ring (bicyclic) bond motifs is 1. The highest BCUT2D eigenvalue weighted by Gasteiger charge is 2.26. The molecule has 1 saturated heterocycles. The van der Waals surface area contributed by atoms with Crippen molar-refractivity contribution in [3.05, 3.63) is 58.5 Å². The van der Waals surface area contributed by atoms with Gasteiger partial charge in [0.1, 0.15) is 5.75 Å². The van der Waals surface area contributed by atoms with Gasteiger partial charge in [-0.3, -0.25) is 9.20 Å². The quantitative estimate of drug-likeness (QED) is 0.594. The van der Waals surface area contributed by atoms with E-state index in [-0.39, 0.29) is 17.9 Å². The summed E-state index contributed by atoms with van der Waals surface area (Å²) in [5, 5.41) is 15.2. The smallest absolute Gasteiger partial charge is 0.223 e. The average molecular weight is 458 g/mol. The molecule has 2 aromatic heterocycles. The van der Waals surface area contributed by atoms with Crippen molar-refractivity contribution in [3.63, 3.8) is 0 Å². The average Bonchev–Trinajstić information content (AvgIpc) is 3.17. The summed E-state index contributed by atoms with van der Waals surface area (Å²) in [6.45, 7) is 1.75. The van der Waals surface area contributed by atoms with E-state index in [1.165, 1.54) is 0 Å². The normalized spacial score (nSPS) is 15.9. The van der Waals surface area contributed by atoms with Gasteiger partial charge in [0.2, 0.25) is 5.91 Å². The SMILES string of the molecule is COc1ccc(C[C@@H](NC(=O)C2CCNCC2)c2nnc3ccc(Br)cn23)cc1. The lowest BCUT2D eigenvalue weighted by atomic mass is 9.96. The fourth-order valence-electron chi connectivity index (χ4n) is 3.70. The van der Waals surface area contributed by atoms with Gasteiger partial charge in [-0.2, -0.15) is 0 Å². The monoisotopic (exact) mass is 457 g/mol. The molecule has 1 atom stereocenters. The summed E-state index contributed by atoms with van der Waals surface area (Å²) in [6.07, 6.45) is 4.26. The molecule has 1 aliphatic heterocycles. The molecule has 0 aliphatic carbocycles. The molecular formula is C21H24BrN5O2. The van der Waals surface area contributed by atoms with Gasteiger partial charge in [-0.1, -0.05) is 12.1 Å². The first-order chi connectivity index (χ1) is 14.1. The summed E-state index contributed by atoms with van der Waals surface area (Å²) in [5.74, 6) is 1.64. The number of carbonyl (C=O) groups excluding carboxylic acids is 1. The molecule has 3 heterocycles.